The number of carbonyl (C=O) groups is 2. The molecule has 1 aliphatic rings. The molecule has 0 saturated heterocycles. The van der Waals surface area contributed by atoms with E-state index in [-0.39, 0.29) is 30.1 Å². The van der Waals surface area contributed by atoms with Gasteiger partial charge in [0.15, 0.2) is 0 Å². The van der Waals surface area contributed by atoms with Crippen molar-refractivity contribution < 1.29 is 19.1 Å². The summed E-state index contributed by atoms with van der Waals surface area (Å²) in [5, 5.41) is 0. The minimum absolute atomic E-state index is 0.212. The van der Waals surface area contributed by atoms with Crippen LogP contribution in [0.15, 0.2) is 36.5 Å². The van der Waals surface area contributed by atoms with Crippen LogP contribution in [0.3, 0.4) is 0 Å². The van der Waals surface area contributed by atoms with Crippen LogP contribution in [0, 0.1) is 5.92 Å². The van der Waals surface area contributed by atoms with E-state index in [0.717, 1.165) is 29.6 Å². The summed E-state index contributed by atoms with van der Waals surface area (Å²) in [5.74, 6) is -0.412. The van der Waals surface area contributed by atoms with Crippen LogP contribution in [-0.4, -0.2) is 24.1 Å². The zero-order valence-corrected chi connectivity index (χ0v) is 14.5. The molecule has 4 heteroatoms. The fourth-order valence-electron chi connectivity index (χ4n) is 2.87. The largest absolute Gasteiger partial charge is 0.458 e. The van der Waals surface area contributed by atoms with E-state index in [1.54, 1.807) is 0 Å². The molecule has 1 aliphatic carbocycles. The summed E-state index contributed by atoms with van der Waals surface area (Å²) >= 11 is 0. The molecule has 0 amide bonds. The zero-order valence-electron chi connectivity index (χ0n) is 14.5. The molecular formula is C19H28O4. The fourth-order valence-corrected chi connectivity index (χ4v) is 2.87. The highest BCUT2D eigenvalue weighted by Crippen LogP contribution is 2.32. The van der Waals surface area contributed by atoms with Gasteiger partial charge in [-0.2, -0.15) is 0 Å². The topological polar surface area (TPSA) is 52.6 Å². The molecular weight excluding hydrogens is 292 g/mol. The average Bonchev–Trinajstić information content (AvgIpc) is 2.43. The van der Waals surface area contributed by atoms with Crippen molar-refractivity contribution >= 4 is 11.9 Å². The van der Waals surface area contributed by atoms with Crippen LogP contribution in [0.5, 0.6) is 0 Å². The zero-order chi connectivity index (χ0) is 17.6. The van der Waals surface area contributed by atoms with Crippen molar-refractivity contribution in [3.8, 4) is 0 Å². The first kappa shape index (κ1) is 19.2. The standard InChI is InChI=1S/C19H28O4/c1-12(2)17-9-7-13(3)18(22-15(5)20)10-8-14(4)19(11-17)23-16(6)21/h17-19H,1,3-4,7-11H2,2,5-6H3/t17-,18-,19+/m1/s1. The molecule has 1 rings (SSSR count). The lowest BCUT2D eigenvalue weighted by Crippen LogP contribution is -2.26. The maximum Gasteiger partial charge on any atom is 0.303 e. The summed E-state index contributed by atoms with van der Waals surface area (Å²) in [5.41, 5.74) is 2.82. The predicted octanol–water partition coefficient (Wildman–Crippen LogP) is 4.12. The van der Waals surface area contributed by atoms with Crippen molar-refractivity contribution in [1.82, 2.24) is 0 Å². The Morgan fingerprint density at radius 2 is 1.39 bits per heavy atom. The van der Waals surface area contributed by atoms with Crippen molar-refractivity contribution in [3.63, 3.8) is 0 Å². The molecule has 1 saturated carbocycles. The molecule has 0 radical (unpaired) electrons. The number of ether oxygens (including phenoxy) is 2. The van der Waals surface area contributed by atoms with Crippen molar-refractivity contribution in [2.75, 3.05) is 0 Å². The summed E-state index contributed by atoms with van der Waals surface area (Å²) in [7, 11) is 0. The molecule has 0 aromatic carbocycles. The van der Waals surface area contributed by atoms with E-state index in [1.807, 2.05) is 6.92 Å². The van der Waals surface area contributed by atoms with Crippen LogP contribution in [-0.2, 0) is 19.1 Å². The lowest BCUT2D eigenvalue weighted by Gasteiger charge is -2.29. The van der Waals surface area contributed by atoms with Gasteiger partial charge in [0.2, 0.25) is 0 Å². The van der Waals surface area contributed by atoms with Gasteiger partial charge in [-0.25, -0.2) is 0 Å². The van der Waals surface area contributed by atoms with Gasteiger partial charge in [-0.15, -0.1) is 0 Å². The van der Waals surface area contributed by atoms with Crippen LogP contribution in [0.4, 0.5) is 0 Å². The van der Waals surface area contributed by atoms with E-state index >= 15 is 0 Å². The Bertz CT molecular complexity index is 503. The molecule has 0 aromatic heterocycles. The monoisotopic (exact) mass is 320 g/mol. The Kier molecular flexibility index (Phi) is 7.27. The molecule has 0 N–H and O–H groups in total. The highest BCUT2D eigenvalue weighted by Gasteiger charge is 2.26. The minimum Gasteiger partial charge on any atom is -0.458 e. The molecule has 0 heterocycles. The quantitative estimate of drug-likeness (QED) is 0.580. The Morgan fingerprint density at radius 3 is 1.91 bits per heavy atom. The number of hydrogen-bond acceptors (Lipinski definition) is 4. The van der Waals surface area contributed by atoms with Crippen molar-refractivity contribution in [1.29, 1.82) is 0 Å². The van der Waals surface area contributed by atoms with E-state index in [1.165, 1.54) is 13.8 Å². The first-order valence-electron chi connectivity index (χ1n) is 8.05. The van der Waals surface area contributed by atoms with Gasteiger partial charge >= 0.3 is 11.9 Å². The average molecular weight is 320 g/mol. The Hall–Kier alpha value is -1.84. The molecule has 0 bridgehead atoms. The summed E-state index contributed by atoms with van der Waals surface area (Å²) in [6.07, 6.45) is 2.90. The molecule has 0 aromatic rings. The lowest BCUT2D eigenvalue weighted by atomic mass is 9.83. The van der Waals surface area contributed by atoms with Gasteiger partial charge in [0.25, 0.3) is 0 Å². The first-order chi connectivity index (χ1) is 10.7. The van der Waals surface area contributed by atoms with Gasteiger partial charge in [-0.3, -0.25) is 9.59 Å². The second-order valence-electron chi connectivity index (χ2n) is 6.37. The molecule has 0 spiro atoms. The SMILES string of the molecule is C=C(C)[C@@H]1CCC(=C)[C@H](OC(C)=O)CCC(=C)[C@@H](OC(C)=O)C1. The Labute approximate surface area is 139 Å². The van der Waals surface area contributed by atoms with Gasteiger partial charge in [0.1, 0.15) is 12.2 Å². The third-order valence-electron chi connectivity index (χ3n) is 4.26. The van der Waals surface area contributed by atoms with E-state index < -0.39 is 0 Å². The number of allylic oxidation sites excluding steroid dienone is 1. The highest BCUT2D eigenvalue weighted by molar-refractivity contribution is 5.67. The van der Waals surface area contributed by atoms with Gasteiger partial charge in [-0.05, 0) is 56.1 Å². The maximum atomic E-state index is 11.4. The third-order valence-corrected chi connectivity index (χ3v) is 4.26. The third kappa shape index (κ3) is 6.43. The summed E-state index contributed by atoms with van der Waals surface area (Å²) in [6, 6.07) is 0. The summed E-state index contributed by atoms with van der Waals surface area (Å²) in [4.78, 5) is 22.7. The summed E-state index contributed by atoms with van der Waals surface area (Å²) in [6.45, 7) is 17.0. The van der Waals surface area contributed by atoms with Gasteiger partial charge in [-0.1, -0.05) is 25.3 Å². The van der Waals surface area contributed by atoms with Crippen LogP contribution in [0.1, 0.15) is 52.9 Å². The fraction of sp³-hybridized carbons (Fsp3) is 0.579. The number of carbonyl (C=O) groups excluding carboxylic acids is 2. The van der Waals surface area contributed by atoms with E-state index in [4.69, 9.17) is 9.47 Å². The van der Waals surface area contributed by atoms with Crippen molar-refractivity contribution in [2.45, 2.75) is 65.1 Å². The first-order valence-corrected chi connectivity index (χ1v) is 8.05. The van der Waals surface area contributed by atoms with E-state index in [9.17, 15) is 9.59 Å². The molecule has 0 aliphatic heterocycles. The van der Waals surface area contributed by atoms with Crippen LogP contribution < -0.4 is 0 Å². The highest BCUT2D eigenvalue weighted by atomic mass is 16.5. The smallest absolute Gasteiger partial charge is 0.303 e. The van der Waals surface area contributed by atoms with Crippen LogP contribution in [0.2, 0.25) is 0 Å². The van der Waals surface area contributed by atoms with Crippen molar-refractivity contribution in [2.24, 2.45) is 5.92 Å². The molecule has 0 unspecified atom stereocenters. The van der Waals surface area contributed by atoms with Gasteiger partial charge < -0.3 is 9.47 Å². The normalized spacial score (nSPS) is 26.3. The van der Waals surface area contributed by atoms with Gasteiger partial charge in [0, 0.05) is 13.8 Å². The Morgan fingerprint density at radius 1 is 0.913 bits per heavy atom. The second kappa shape index (κ2) is 8.70. The van der Waals surface area contributed by atoms with Crippen LogP contribution >= 0.6 is 0 Å². The number of hydrogen-bond donors (Lipinski definition) is 0. The lowest BCUT2D eigenvalue weighted by molar-refractivity contribution is -0.145. The number of rotatable bonds is 3. The van der Waals surface area contributed by atoms with Gasteiger partial charge in [0.05, 0.1) is 0 Å². The molecule has 128 valence electrons. The predicted molar refractivity (Wildman–Crippen MR) is 90.8 cm³/mol. The van der Waals surface area contributed by atoms with Crippen molar-refractivity contribution in [3.05, 3.63) is 36.5 Å². The molecule has 1 fully saturated rings. The maximum absolute atomic E-state index is 11.4. The Balaban J connectivity index is 2.96. The molecule has 4 nitrogen and oxygen atoms in total. The second-order valence-corrected chi connectivity index (χ2v) is 6.37. The minimum atomic E-state index is -0.321. The van der Waals surface area contributed by atoms with E-state index in [2.05, 4.69) is 19.7 Å². The molecule has 23 heavy (non-hydrogen) atoms. The number of esters is 2. The van der Waals surface area contributed by atoms with Crippen LogP contribution in [0.25, 0.3) is 0 Å². The molecule has 3 atom stereocenters. The summed E-state index contributed by atoms with van der Waals surface area (Å²) < 4.78 is 10.8. The van der Waals surface area contributed by atoms with E-state index in [0.29, 0.717) is 19.3 Å².